The highest BCUT2D eigenvalue weighted by Crippen LogP contribution is 2.12. The standard InChI is InChI=1S/C12H13N3OS/c1-8-5-11(13)15(12(16)6-8)14-7-10-9(2)3-4-17-10/h3-7H,13H2,1-2H3/b14-7-. The lowest BCUT2D eigenvalue weighted by Gasteiger charge is -2.03. The zero-order valence-corrected chi connectivity index (χ0v) is 10.5. The molecule has 0 radical (unpaired) electrons. The highest BCUT2D eigenvalue weighted by Gasteiger charge is 2.00. The molecule has 5 heteroatoms. The lowest BCUT2D eigenvalue weighted by atomic mass is 10.3. The van der Waals surface area contributed by atoms with Gasteiger partial charge >= 0.3 is 0 Å². The second-order valence-electron chi connectivity index (χ2n) is 3.82. The van der Waals surface area contributed by atoms with Gasteiger partial charge in [-0.25, -0.2) is 0 Å². The van der Waals surface area contributed by atoms with Gasteiger partial charge < -0.3 is 5.73 Å². The Morgan fingerprint density at radius 3 is 2.76 bits per heavy atom. The van der Waals surface area contributed by atoms with Crippen molar-refractivity contribution in [2.24, 2.45) is 5.10 Å². The van der Waals surface area contributed by atoms with Crippen molar-refractivity contribution < 1.29 is 0 Å². The van der Waals surface area contributed by atoms with Gasteiger partial charge in [0.25, 0.3) is 5.56 Å². The average Bonchev–Trinajstić information content (AvgIpc) is 2.62. The quantitative estimate of drug-likeness (QED) is 0.825. The van der Waals surface area contributed by atoms with Crippen LogP contribution in [-0.2, 0) is 0 Å². The Labute approximate surface area is 103 Å². The summed E-state index contributed by atoms with van der Waals surface area (Å²) in [6.45, 7) is 3.83. The Morgan fingerprint density at radius 1 is 1.41 bits per heavy atom. The third-order valence-electron chi connectivity index (χ3n) is 2.37. The van der Waals surface area contributed by atoms with Crippen molar-refractivity contribution in [2.45, 2.75) is 13.8 Å². The molecule has 2 heterocycles. The molecule has 0 fully saturated rings. The molecule has 2 rings (SSSR count). The predicted octanol–water partition coefficient (Wildman–Crippen LogP) is 1.99. The number of nitrogens with zero attached hydrogens (tertiary/aromatic N) is 2. The van der Waals surface area contributed by atoms with Crippen molar-refractivity contribution in [3.63, 3.8) is 0 Å². The molecule has 0 aliphatic heterocycles. The largest absolute Gasteiger partial charge is 0.384 e. The van der Waals surface area contributed by atoms with E-state index in [1.54, 1.807) is 23.6 Å². The molecule has 17 heavy (non-hydrogen) atoms. The molecular formula is C12H13N3OS. The van der Waals surface area contributed by atoms with E-state index in [0.717, 1.165) is 16.0 Å². The second-order valence-corrected chi connectivity index (χ2v) is 4.77. The van der Waals surface area contributed by atoms with E-state index in [1.165, 1.54) is 10.7 Å². The van der Waals surface area contributed by atoms with Crippen LogP contribution in [0.25, 0.3) is 0 Å². The number of anilines is 1. The second kappa shape index (κ2) is 4.55. The minimum Gasteiger partial charge on any atom is -0.384 e. The summed E-state index contributed by atoms with van der Waals surface area (Å²) in [4.78, 5) is 12.7. The lowest BCUT2D eigenvalue weighted by Crippen LogP contribution is -2.19. The van der Waals surface area contributed by atoms with E-state index in [4.69, 9.17) is 5.73 Å². The molecule has 88 valence electrons. The van der Waals surface area contributed by atoms with Gasteiger partial charge in [-0.1, -0.05) is 0 Å². The van der Waals surface area contributed by atoms with E-state index in [2.05, 4.69) is 5.10 Å². The molecule has 0 aliphatic carbocycles. The topological polar surface area (TPSA) is 60.4 Å². The van der Waals surface area contributed by atoms with Crippen molar-refractivity contribution in [3.8, 4) is 0 Å². The lowest BCUT2D eigenvalue weighted by molar-refractivity contribution is 0.843. The summed E-state index contributed by atoms with van der Waals surface area (Å²) in [5, 5.41) is 6.10. The zero-order valence-electron chi connectivity index (χ0n) is 9.68. The van der Waals surface area contributed by atoms with Crippen LogP contribution in [0.1, 0.15) is 16.0 Å². The fourth-order valence-corrected chi connectivity index (χ4v) is 2.25. The molecule has 0 spiro atoms. The Balaban J connectivity index is 2.41. The van der Waals surface area contributed by atoms with Gasteiger partial charge in [0.2, 0.25) is 0 Å². The van der Waals surface area contributed by atoms with Crippen molar-refractivity contribution in [3.05, 3.63) is 49.9 Å². The van der Waals surface area contributed by atoms with Crippen LogP contribution < -0.4 is 11.3 Å². The fraction of sp³-hybridized carbons (Fsp3) is 0.167. The van der Waals surface area contributed by atoms with E-state index >= 15 is 0 Å². The Bertz CT molecular complexity index is 625. The average molecular weight is 247 g/mol. The van der Waals surface area contributed by atoms with Crippen LogP contribution in [-0.4, -0.2) is 10.9 Å². The normalized spacial score (nSPS) is 11.2. The predicted molar refractivity (Wildman–Crippen MR) is 71.9 cm³/mol. The van der Waals surface area contributed by atoms with Gasteiger partial charge in [-0.3, -0.25) is 4.79 Å². The van der Waals surface area contributed by atoms with Crippen molar-refractivity contribution >= 4 is 23.4 Å². The zero-order chi connectivity index (χ0) is 12.4. The van der Waals surface area contributed by atoms with Gasteiger partial charge in [-0.2, -0.15) is 9.78 Å². The third-order valence-corrected chi connectivity index (χ3v) is 3.33. The maximum Gasteiger partial charge on any atom is 0.273 e. The minimum atomic E-state index is -0.215. The monoisotopic (exact) mass is 247 g/mol. The van der Waals surface area contributed by atoms with E-state index in [1.807, 2.05) is 25.3 Å². The van der Waals surface area contributed by atoms with Gasteiger partial charge in [0.05, 0.1) is 11.1 Å². The van der Waals surface area contributed by atoms with Gasteiger partial charge in [0.15, 0.2) is 0 Å². The van der Waals surface area contributed by atoms with Gasteiger partial charge in [0, 0.05) is 6.07 Å². The molecule has 0 atom stereocenters. The highest BCUT2D eigenvalue weighted by molar-refractivity contribution is 7.11. The maximum absolute atomic E-state index is 11.7. The Kier molecular flexibility index (Phi) is 3.10. The van der Waals surface area contributed by atoms with E-state index < -0.39 is 0 Å². The first-order chi connectivity index (χ1) is 8.08. The molecule has 4 nitrogen and oxygen atoms in total. The van der Waals surface area contributed by atoms with E-state index in [-0.39, 0.29) is 5.56 Å². The first-order valence-electron chi connectivity index (χ1n) is 5.15. The minimum absolute atomic E-state index is 0.215. The molecule has 0 aromatic carbocycles. The van der Waals surface area contributed by atoms with Gasteiger partial charge in [-0.05, 0) is 42.5 Å². The van der Waals surface area contributed by atoms with Crippen LogP contribution in [0.5, 0.6) is 0 Å². The first-order valence-corrected chi connectivity index (χ1v) is 6.03. The Morgan fingerprint density at radius 2 is 2.18 bits per heavy atom. The van der Waals surface area contributed by atoms with Crippen LogP contribution in [0.4, 0.5) is 5.82 Å². The van der Waals surface area contributed by atoms with Gasteiger partial charge in [0.1, 0.15) is 5.82 Å². The number of aromatic nitrogens is 1. The molecule has 2 aromatic rings. The SMILES string of the molecule is Cc1cc(N)n(/N=C\c2sccc2C)c(=O)c1. The molecule has 0 aliphatic rings. The third kappa shape index (κ3) is 2.45. The summed E-state index contributed by atoms with van der Waals surface area (Å²) in [7, 11) is 0. The van der Waals surface area contributed by atoms with E-state index in [9.17, 15) is 4.79 Å². The molecule has 2 N–H and O–H groups in total. The molecular weight excluding hydrogens is 234 g/mol. The number of aryl methyl sites for hydroxylation is 2. The number of pyridine rings is 1. The molecule has 0 unspecified atom stereocenters. The van der Waals surface area contributed by atoms with E-state index in [0.29, 0.717) is 5.82 Å². The molecule has 0 amide bonds. The fourth-order valence-electron chi connectivity index (χ4n) is 1.47. The highest BCUT2D eigenvalue weighted by atomic mass is 32.1. The molecule has 0 bridgehead atoms. The van der Waals surface area contributed by atoms with Crippen LogP contribution in [0.15, 0.2) is 33.5 Å². The number of hydrogen-bond donors (Lipinski definition) is 1. The maximum atomic E-state index is 11.7. The molecule has 2 aromatic heterocycles. The summed E-state index contributed by atoms with van der Waals surface area (Å²) in [5.74, 6) is 0.348. The summed E-state index contributed by atoms with van der Waals surface area (Å²) >= 11 is 1.58. The summed E-state index contributed by atoms with van der Waals surface area (Å²) in [6, 6.07) is 5.24. The van der Waals surface area contributed by atoms with Gasteiger partial charge in [-0.15, -0.1) is 11.3 Å². The summed E-state index contributed by atoms with van der Waals surface area (Å²) in [6.07, 6.45) is 1.66. The summed E-state index contributed by atoms with van der Waals surface area (Å²) < 4.78 is 1.20. The number of hydrogen-bond acceptors (Lipinski definition) is 4. The number of rotatable bonds is 2. The van der Waals surface area contributed by atoms with Crippen molar-refractivity contribution in [1.82, 2.24) is 4.68 Å². The van der Waals surface area contributed by atoms with Crippen molar-refractivity contribution in [2.75, 3.05) is 5.73 Å². The van der Waals surface area contributed by atoms with Crippen LogP contribution in [0, 0.1) is 13.8 Å². The van der Waals surface area contributed by atoms with Crippen LogP contribution >= 0.6 is 11.3 Å². The molecule has 0 saturated carbocycles. The van der Waals surface area contributed by atoms with Crippen molar-refractivity contribution in [1.29, 1.82) is 0 Å². The molecule has 0 saturated heterocycles. The number of nitrogen functional groups attached to an aromatic ring is 1. The number of nitrogens with two attached hydrogens (primary N) is 1. The Hall–Kier alpha value is -1.88. The first kappa shape index (κ1) is 11.6. The van der Waals surface area contributed by atoms with Crippen LogP contribution in [0.2, 0.25) is 0 Å². The van der Waals surface area contributed by atoms with Crippen LogP contribution in [0.3, 0.4) is 0 Å². The number of thiophene rings is 1. The smallest absolute Gasteiger partial charge is 0.273 e. The summed E-state index contributed by atoms with van der Waals surface area (Å²) in [5.41, 5.74) is 7.51.